The van der Waals surface area contributed by atoms with Crippen LogP contribution in [0, 0.1) is 13.8 Å². The first-order valence-electron chi connectivity index (χ1n) is 8.41. The molecule has 0 saturated carbocycles. The Hall–Kier alpha value is -1.72. The van der Waals surface area contributed by atoms with E-state index in [-0.39, 0.29) is 17.9 Å². The predicted octanol–water partition coefficient (Wildman–Crippen LogP) is 1.57. The molecule has 3 rings (SSSR count). The molecule has 2 aliphatic rings. The van der Waals surface area contributed by atoms with E-state index in [0.717, 1.165) is 49.5 Å². The summed E-state index contributed by atoms with van der Waals surface area (Å²) >= 11 is 0. The molecule has 2 fully saturated rings. The molecular formula is C18H25N3O2. The summed E-state index contributed by atoms with van der Waals surface area (Å²) in [6.07, 6.45) is 0.304. The topological polar surface area (TPSA) is 43.9 Å². The molecule has 23 heavy (non-hydrogen) atoms. The maximum atomic E-state index is 12.9. The van der Waals surface area contributed by atoms with Crippen molar-refractivity contribution < 1.29 is 9.59 Å². The van der Waals surface area contributed by atoms with Gasteiger partial charge in [-0.2, -0.15) is 0 Å². The smallest absolute Gasteiger partial charge is 0.251 e. The molecule has 2 heterocycles. The van der Waals surface area contributed by atoms with Crippen LogP contribution in [0.1, 0.15) is 24.5 Å². The van der Waals surface area contributed by atoms with Crippen LogP contribution < -0.4 is 4.90 Å². The molecule has 2 saturated heterocycles. The summed E-state index contributed by atoms with van der Waals surface area (Å²) in [6, 6.07) is 5.62. The average molecular weight is 315 g/mol. The summed E-state index contributed by atoms with van der Waals surface area (Å²) < 4.78 is 0. The van der Waals surface area contributed by atoms with Gasteiger partial charge in [0.2, 0.25) is 5.91 Å². The molecule has 1 atom stereocenters. The number of carbonyl (C=O) groups excluding carboxylic acids is 2. The van der Waals surface area contributed by atoms with Crippen molar-refractivity contribution in [1.29, 1.82) is 0 Å². The standard InChI is InChI=1S/C18H25N3O2/c1-4-19-7-9-20(10-8-19)16-12-17(22)21(18(16)23)15-11-13(2)5-6-14(15)3/h5-6,11,16H,4,7-10,12H2,1-3H3. The molecule has 0 spiro atoms. The first-order chi connectivity index (χ1) is 11.0. The molecule has 5 nitrogen and oxygen atoms in total. The van der Waals surface area contributed by atoms with Gasteiger partial charge in [0.15, 0.2) is 0 Å². The molecule has 0 radical (unpaired) electrons. The van der Waals surface area contributed by atoms with Gasteiger partial charge < -0.3 is 4.90 Å². The van der Waals surface area contributed by atoms with E-state index in [1.807, 2.05) is 32.0 Å². The third-order valence-corrected chi connectivity index (χ3v) is 5.02. The van der Waals surface area contributed by atoms with Crippen molar-refractivity contribution in [3.05, 3.63) is 29.3 Å². The fourth-order valence-corrected chi connectivity index (χ4v) is 3.51. The molecule has 0 aliphatic carbocycles. The third kappa shape index (κ3) is 3.03. The highest BCUT2D eigenvalue weighted by molar-refractivity contribution is 6.22. The highest BCUT2D eigenvalue weighted by Gasteiger charge is 2.43. The largest absolute Gasteiger partial charge is 0.301 e. The maximum Gasteiger partial charge on any atom is 0.251 e. The number of aryl methyl sites for hydroxylation is 2. The maximum absolute atomic E-state index is 12.9. The number of nitrogens with zero attached hydrogens (tertiary/aromatic N) is 3. The van der Waals surface area contributed by atoms with Crippen LogP contribution in [0.2, 0.25) is 0 Å². The summed E-state index contributed by atoms with van der Waals surface area (Å²) in [7, 11) is 0. The van der Waals surface area contributed by atoms with Gasteiger partial charge in [0, 0.05) is 26.2 Å². The van der Waals surface area contributed by atoms with Crippen LogP contribution in [0.25, 0.3) is 0 Å². The van der Waals surface area contributed by atoms with E-state index in [2.05, 4.69) is 16.7 Å². The second-order valence-electron chi connectivity index (χ2n) is 6.55. The minimum Gasteiger partial charge on any atom is -0.301 e. The minimum absolute atomic E-state index is 0.0614. The summed E-state index contributed by atoms with van der Waals surface area (Å²) in [6.45, 7) is 10.8. The molecule has 124 valence electrons. The molecule has 0 N–H and O–H groups in total. The molecule has 1 aromatic rings. The Balaban J connectivity index is 1.79. The van der Waals surface area contributed by atoms with Crippen LogP contribution in [0.4, 0.5) is 5.69 Å². The zero-order valence-electron chi connectivity index (χ0n) is 14.2. The zero-order valence-corrected chi connectivity index (χ0v) is 14.2. The van der Waals surface area contributed by atoms with Crippen molar-refractivity contribution in [1.82, 2.24) is 9.80 Å². The summed E-state index contributed by atoms with van der Waals surface area (Å²) in [5.74, 6) is -0.139. The Morgan fingerprint density at radius 2 is 1.78 bits per heavy atom. The van der Waals surface area contributed by atoms with Gasteiger partial charge >= 0.3 is 0 Å². The van der Waals surface area contributed by atoms with E-state index in [4.69, 9.17) is 0 Å². The van der Waals surface area contributed by atoms with Crippen molar-refractivity contribution >= 4 is 17.5 Å². The Kier molecular flexibility index (Phi) is 4.50. The van der Waals surface area contributed by atoms with E-state index in [1.54, 1.807) is 0 Å². The van der Waals surface area contributed by atoms with Crippen molar-refractivity contribution in [3.63, 3.8) is 0 Å². The lowest BCUT2D eigenvalue weighted by molar-refractivity contribution is -0.123. The highest BCUT2D eigenvalue weighted by Crippen LogP contribution is 2.29. The van der Waals surface area contributed by atoms with E-state index in [9.17, 15) is 9.59 Å². The number of imide groups is 1. The number of rotatable bonds is 3. The van der Waals surface area contributed by atoms with Gasteiger partial charge in [-0.05, 0) is 37.6 Å². The monoisotopic (exact) mass is 315 g/mol. The molecule has 1 aromatic carbocycles. The van der Waals surface area contributed by atoms with Gasteiger partial charge in [0.25, 0.3) is 5.91 Å². The van der Waals surface area contributed by atoms with Crippen LogP contribution in [0.3, 0.4) is 0 Å². The molecule has 5 heteroatoms. The molecule has 0 aromatic heterocycles. The van der Waals surface area contributed by atoms with E-state index >= 15 is 0 Å². The number of hydrogen-bond acceptors (Lipinski definition) is 4. The number of hydrogen-bond donors (Lipinski definition) is 0. The summed E-state index contributed by atoms with van der Waals surface area (Å²) in [5, 5.41) is 0. The number of carbonyl (C=O) groups is 2. The van der Waals surface area contributed by atoms with Gasteiger partial charge in [-0.25, -0.2) is 4.90 Å². The Morgan fingerprint density at radius 3 is 2.43 bits per heavy atom. The van der Waals surface area contributed by atoms with Gasteiger partial charge in [0.05, 0.1) is 18.2 Å². The molecular weight excluding hydrogens is 290 g/mol. The first kappa shape index (κ1) is 16.1. The zero-order chi connectivity index (χ0) is 16.6. The second-order valence-corrected chi connectivity index (χ2v) is 6.55. The number of piperazine rings is 1. The van der Waals surface area contributed by atoms with Gasteiger partial charge in [-0.15, -0.1) is 0 Å². The summed E-state index contributed by atoms with van der Waals surface area (Å²) in [5.41, 5.74) is 2.77. The second kappa shape index (κ2) is 6.42. The van der Waals surface area contributed by atoms with Crippen molar-refractivity contribution in [3.8, 4) is 0 Å². The Morgan fingerprint density at radius 1 is 1.09 bits per heavy atom. The van der Waals surface area contributed by atoms with E-state index < -0.39 is 0 Å². The molecule has 2 amide bonds. The van der Waals surface area contributed by atoms with Crippen molar-refractivity contribution in [2.45, 2.75) is 33.2 Å². The quantitative estimate of drug-likeness (QED) is 0.794. The van der Waals surface area contributed by atoms with Crippen LogP contribution in [-0.4, -0.2) is 60.4 Å². The Labute approximate surface area is 137 Å². The fourth-order valence-electron chi connectivity index (χ4n) is 3.51. The SMILES string of the molecule is CCN1CCN(C2CC(=O)N(c3cc(C)ccc3C)C2=O)CC1. The van der Waals surface area contributed by atoms with E-state index in [1.165, 1.54) is 4.90 Å². The lowest BCUT2D eigenvalue weighted by Gasteiger charge is -2.36. The molecule has 0 bridgehead atoms. The van der Waals surface area contributed by atoms with Gasteiger partial charge in [-0.3, -0.25) is 14.5 Å². The van der Waals surface area contributed by atoms with Crippen LogP contribution in [0.15, 0.2) is 18.2 Å². The lowest BCUT2D eigenvalue weighted by atomic mass is 10.1. The molecule has 1 unspecified atom stereocenters. The summed E-state index contributed by atoms with van der Waals surface area (Å²) in [4.78, 5) is 31.3. The minimum atomic E-state index is -0.290. The highest BCUT2D eigenvalue weighted by atomic mass is 16.2. The fraction of sp³-hybridized carbons (Fsp3) is 0.556. The van der Waals surface area contributed by atoms with Gasteiger partial charge in [0.1, 0.15) is 0 Å². The number of amides is 2. The number of benzene rings is 1. The number of likely N-dealkylation sites (N-methyl/N-ethyl adjacent to an activating group) is 1. The normalized spacial score (nSPS) is 23.8. The Bertz CT molecular complexity index is 621. The number of anilines is 1. The lowest BCUT2D eigenvalue weighted by Crippen LogP contribution is -2.52. The first-order valence-corrected chi connectivity index (χ1v) is 8.41. The van der Waals surface area contributed by atoms with E-state index in [0.29, 0.717) is 6.42 Å². The van der Waals surface area contributed by atoms with Crippen LogP contribution in [0.5, 0.6) is 0 Å². The van der Waals surface area contributed by atoms with Gasteiger partial charge in [-0.1, -0.05) is 19.1 Å². The van der Waals surface area contributed by atoms with Crippen molar-refractivity contribution in [2.75, 3.05) is 37.6 Å². The van der Waals surface area contributed by atoms with Crippen molar-refractivity contribution in [2.24, 2.45) is 0 Å². The average Bonchev–Trinajstić information content (AvgIpc) is 2.85. The van der Waals surface area contributed by atoms with Crippen LogP contribution in [-0.2, 0) is 9.59 Å². The molecule has 2 aliphatic heterocycles. The third-order valence-electron chi connectivity index (χ3n) is 5.02. The predicted molar refractivity (Wildman–Crippen MR) is 90.5 cm³/mol. The van der Waals surface area contributed by atoms with Crippen LogP contribution >= 0.6 is 0 Å².